The first-order valence-electron chi connectivity index (χ1n) is 5.43. The lowest BCUT2D eigenvalue weighted by atomic mass is 10.1. The van der Waals surface area contributed by atoms with Gasteiger partial charge in [0.15, 0.2) is 0 Å². The summed E-state index contributed by atoms with van der Waals surface area (Å²) in [6.07, 6.45) is 0. The normalized spacial score (nSPS) is 10.2. The number of nitrogens with zero attached hydrogens (tertiary/aromatic N) is 1. The van der Waals surface area contributed by atoms with Gasteiger partial charge in [-0.3, -0.25) is 4.79 Å². The third-order valence-electron chi connectivity index (χ3n) is 2.53. The number of aromatic nitrogens is 1. The molecule has 0 aliphatic heterocycles. The predicted molar refractivity (Wildman–Crippen MR) is 70.4 cm³/mol. The van der Waals surface area contributed by atoms with Crippen LogP contribution in [0.3, 0.4) is 0 Å². The molecule has 0 amide bonds. The van der Waals surface area contributed by atoms with Gasteiger partial charge in [-0.2, -0.15) is 0 Å². The summed E-state index contributed by atoms with van der Waals surface area (Å²) in [4.78, 5) is 16.5. The van der Waals surface area contributed by atoms with Gasteiger partial charge in [0.05, 0.1) is 12.7 Å². The standard InChI is InChI=1S/C14H12ClNO2/c1-9-4-3-5-12(16-9)14(17)11-8-10(15)6-7-13(11)18-2/h3-8H,1-2H3. The highest BCUT2D eigenvalue weighted by molar-refractivity contribution is 6.31. The van der Waals surface area contributed by atoms with E-state index in [2.05, 4.69) is 4.98 Å². The number of halogens is 1. The second-order valence-electron chi connectivity index (χ2n) is 3.84. The monoisotopic (exact) mass is 261 g/mol. The summed E-state index contributed by atoms with van der Waals surface area (Å²) in [7, 11) is 1.52. The molecule has 0 spiro atoms. The van der Waals surface area contributed by atoms with Crippen molar-refractivity contribution < 1.29 is 9.53 Å². The third kappa shape index (κ3) is 2.51. The van der Waals surface area contributed by atoms with Gasteiger partial charge < -0.3 is 4.74 Å². The molecule has 0 aliphatic carbocycles. The van der Waals surface area contributed by atoms with Crippen LogP contribution in [-0.2, 0) is 0 Å². The van der Waals surface area contributed by atoms with Gasteiger partial charge >= 0.3 is 0 Å². The minimum atomic E-state index is -0.196. The van der Waals surface area contributed by atoms with Crippen molar-refractivity contribution in [2.24, 2.45) is 0 Å². The molecule has 1 aromatic carbocycles. The SMILES string of the molecule is COc1ccc(Cl)cc1C(=O)c1cccc(C)n1. The van der Waals surface area contributed by atoms with E-state index >= 15 is 0 Å². The Balaban J connectivity index is 2.48. The van der Waals surface area contributed by atoms with E-state index in [1.807, 2.05) is 13.0 Å². The molecule has 3 nitrogen and oxygen atoms in total. The van der Waals surface area contributed by atoms with Gasteiger partial charge in [0.25, 0.3) is 0 Å². The number of hydrogen-bond acceptors (Lipinski definition) is 3. The maximum atomic E-state index is 12.3. The summed E-state index contributed by atoms with van der Waals surface area (Å²) < 4.78 is 5.17. The predicted octanol–water partition coefficient (Wildman–Crippen LogP) is 3.28. The largest absolute Gasteiger partial charge is 0.496 e. The van der Waals surface area contributed by atoms with E-state index in [0.717, 1.165) is 5.69 Å². The molecule has 1 aromatic heterocycles. The van der Waals surface area contributed by atoms with Crippen molar-refractivity contribution in [1.82, 2.24) is 4.98 Å². The Morgan fingerprint density at radius 3 is 2.72 bits per heavy atom. The molecule has 0 unspecified atom stereocenters. The zero-order valence-corrected chi connectivity index (χ0v) is 10.9. The number of ketones is 1. The van der Waals surface area contributed by atoms with E-state index in [0.29, 0.717) is 22.0 Å². The molecular formula is C14H12ClNO2. The fourth-order valence-electron chi connectivity index (χ4n) is 1.67. The van der Waals surface area contributed by atoms with E-state index in [1.165, 1.54) is 7.11 Å². The Kier molecular flexibility index (Phi) is 3.63. The average molecular weight is 262 g/mol. The van der Waals surface area contributed by atoms with Crippen molar-refractivity contribution in [2.45, 2.75) is 6.92 Å². The fourth-order valence-corrected chi connectivity index (χ4v) is 1.84. The van der Waals surface area contributed by atoms with Gasteiger partial charge in [-0.25, -0.2) is 4.98 Å². The zero-order chi connectivity index (χ0) is 13.1. The van der Waals surface area contributed by atoms with Gasteiger partial charge in [-0.05, 0) is 37.3 Å². The number of benzene rings is 1. The van der Waals surface area contributed by atoms with Crippen molar-refractivity contribution in [1.29, 1.82) is 0 Å². The molecule has 0 aliphatic rings. The maximum Gasteiger partial charge on any atom is 0.215 e. The van der Waals surface area contributed by atoms with Gasteiger partial charge in [-0.1, -0.05) is 17.7 Å². The van der Waals surface area contributed by atoms with Crippen molar-refractivity contribution in [3.8, 4) is 5.75 Å². The highest BCUT2D eigenvalue weighted by Gasteiger charge is 2.16. The van der Waals surface area contributed by atoms with Crippen LogP contribution in [0.5, 0.6) is 5.75 Å². The van der Waals surface area contributed by atoms with Crippen molar-refractivity contribution >= 4 is 17.4 Å². The summed E-state index contributed by atoms with van der Waals surface area (Å²) in [5.74, 6) is 0.297. The number of pyridine rings is 1. The lowest BCUT2D eigenvalue weighted by molar-refractivity contribution is 0.103. The summed E-state index contributed by atoms with van der Waals surface area (Å²) in [5.41, 5.74) is 1.60. The lowest BCUT2D eigenvalue weighted by Gasteiger charge is -2.08. The molecule has 0 saturated heterocycles. The molecule has 18 heavy (non-hydrogen) atoms. The molecule has 0 fully saturated rings. The van der Waals surface area contributed by atoms with Crippen molar-refractivity contribution in [3.05, 3.63) is 58.4 Å². The molecule has 0 bridgehead atoms. The van der Waals surface area contributed by atoms with Gasteiger partial charge in [0.1, 0.15) is 11.4 Å². The number of methoxy groups -OCH3 is 1. The van der Waals surface area contributed by atoms with Crippen LogP contribution in [-0.4, -0.2) is 17.9 Å². The zero-order valence-electron chi connectivity index (χ0n) is 10.1. The van der Waals surface area contributed by atoms with Crippen LogP contribution in [0.2, 0.25) is 5.02 Å². The number of ether oxygens (including phenoxy) is 1. The van der Waals surface area contributed by atoms with Gasteiger partial charge in [0, 0.05) is 10.7 Å². The Morgan fingerprint density at radius 2 is 2.06 bits per heavy atom. The molecule has 2 rings (SSSR count). The highest BCUT2D eigenvalue weighted by atomic mass is 35.5. The molecule has 2 aromatic rings. The second kappa shape index (κ2) is 5.19. The quantitative estimate of drug-likeness (QED) is 0.796. The molecule has 0 atom stereocenters. The number of hydrogen-bond donors (Lipinski definition) is 0. The Morgan fingerprint density at radius 1 is 1.28 bits per heavy atom. The van der Waals surface area contributed by atoms with Crippen LogP contribution in [0.1, 0.15) is 21.7 Å². The minimum absolute atomic E-state index is 0.196. The number of carbonyl (C=O) groups excluding carboxylic acids is 1. The van der Waals surface area contributed by atoms with Crippen molar-refractivity contribution in [2.75, 3.05) is 7.11 Å². The summed E-state index contributed by atoms with van der Waals surface area (Å²) in [6.45, 7) is 1.84. The highest BCUT2D eigenvalue weighted by Crippen LogP contribution is 2.24. The van der Waals surface area contributed by atoms with E-state index in [9.17, 15) is 4.79 Å². The Labute approximate surface area is 110 Å². The van der Waals surface area contributed by atoms with Crippen LogP contribution < -0.4 is 4.74 Å². The molecular weight excluding hydrogens is 250 g/mol. The lowest BCUT2D eigenvalue weighted by Crippen LogP contribution is -2.06. The first-order valence-corrected chi connectivity index (χ1v) is 5.81. The van der Waals surface area contributed by atoms with Crippen LogP contribution >= 0.6 is 11.6 Å². The first-order chi connectivity index (χ1) is 8.61. The van der Waals surface area contributed by atoms with E-state index in [-0.39, 0.29) is 5.78 Å². The van der Waals surface area contributed by atoms with Crippen LogP contribution in [0.25, 0.3) is 0 Å². The Hall–Kier alpha value is -1.87. The third-order valence-corrected chi connectivity index (χ3v) is 2.76. The summed E-state index contributed by atoms with van der Waals surface area (Å²) in [6, 6.07) is 10.3. The number of rotatable bonds is 3. The average Bonchev–Trinajstić information content (AvgIpc) is 2.38. The Bertz CT molecular complexity index is 596. The minimum Gasteiger partial charge on any atom is -0.496 e. The number of carbonyl (C=O) groups is 1. The molecule has 0 radical (unpaired) electrons. The van der Waals surface area contributed by atoms with Gasteiger partial charge in [0.2, 0.25) is 5.78 Å². The van der Waals surface area contributed by atoms with E-state index in [4.69, 9.17) is 16.3 Å². The molecule has 0 N–H and O–H groups in total. The first kappa shape index (κ1) is 12.6. The smallest absolute Gasteiger partial charge is 0.215 e. The van der Waals surface area contributed by atoms with Crippen LogP contribution in [0.4, 0.5) is 0 Å². The van der Waals surface area contributed by atoms with Crippen LogP contribution in [0, 0.1) is 6.92 Å². The van der Waals surface area contributed by atoms with Crippen molar-refractivity contribution in [3.63, 3.8) is 0 Å². The second-order valence-corrected chi connectivity index (χ2v) is 4.27. The summed E-state index contributed by atoms with van der Waals surface area (Å²) >= 11 is 5.91. The number of aryl methyl sites for hydroxylation is 1. The topological polar surface area (TPSA) is 39.2 Å². The molecule has 4 heteroatoms. The molecule has 92 valence electrons. The fraction of sp³-hybridized carbons (Fsp3) is 0.143. The maximum absolute atomic E-state index is 12.3. The van der Waals surface area contributed by atoms with E-state index < -0.39 is 0 Å². The van der Waals surface area contributed by atoms with E-state index in [1.54, 1.807) is 30.3 Å². The van der Waals surface area contributed by atoms with Crippen LogP contribution in [0.15, 0.2) is 36.4 Å². The molecule has 1 heterocycles. The molecule has 0 saturated carbocycles. The van der Waals surface area contributed by atoms with Gasteiger partial charge in [-0.15, -0.1) is 0 Å². The summed E-state index contributed by atoms with van der Waals surface area (Å²) in [5, 5.41) is 0.492.